The van der Waals surface area contributed by atoms with E-state index < -0.39 is 0 Å². The van der Waals surface area contributed by atoms with Crippen LogP contribution in [0.5, 0.6) is 0 Å². The van der Waals surface area contributed by atoms with Gasteiger partial charge < -0.3 is 10.2 Å². The summed E-state index contributed by atoms with van der Waals surface area (Å²) in [7, 11) is 0. The molecule has 7 heteroatoms. The number of imidazole rings is 1. The Morgan fingerprint density at radius 2 is 2.00 bits per heavy atom. The largest absolute Gasteiger partial charge is 0.351 e. The average molecular weight is 371 g/mol. The van der Waals surface area contributed by atoms with Gasteiger partial charge in [0.2, 0.25) is 0 Å². The zero-order valence-corrected chi connectivity index (χ0v) is 15.9. The van der Waals surface area contributed by atoms with E-state index in [0.29, 0.717) is 33.6 Å². The summed E-state index contributed by atoms with van der Waals surface area (Å²) < 4.78 is 1.66. The summed E-state index contributed by atoms with van der Waals surface area (Å²) in [6.45, 7) is 9.94. The first-order valence-corrected chi connectivity index (χ1v) is 9.07. The van der Waals surface area contributed by atoms with Crippen molar-refractivity contribution in [2.45, 2.75) is 33.6 Å². The van der Waals surface area contributed by atoms with E-state index in [1.54, 1.807) is 23.6 Å². The molecule has 1 N–H and O–H groups in total. The highest BCUT2D eigenvalue weighted by Crippen LogP contribution is 2.24. The van der Waals surface area contributed by atoms with E-state index in [4.69, 9.17) is 23.2 Å². The Bertz CT molecular complexity index is 710. The van der Waals surface area contributed by atoms with Gasteiger partial charge in [0.05, 0.1) is 15.7 Å². The molecule has 0 aliphatic heterocycles. The van der Waals surface area contributed by atoms with Crippen LogP contribution in [-0.4, -0.2) is 46.4 Å². The molecule has 0 aliphatic rings. The molecule has 2 rings (SSSR count). The van der Waals surface area contributed by atoms with Crippen LogP contribution in [0.2, 0.25) is 10.0 Å². The first-order valence-electron chi connectivity index (χ1n) is 8.32. The maximum Gasteiger partial charge on any atom is 0.270 e. The lowest BCUT2D eigenvalue weighted by atomic mass is 10.2. The molecule has 2 aromatic rings. The molecule has 1 amide bonds. The highest BCUT2D eigenvalue weighted by atomic mass is 35.5. The fourth-order valence-corrected chi connectivity index (χ4v) is 3.26. The van der Waals surface area contributed by atoms with Crippen LogP contribution in [-0.2, 0) is 0 Å². The lowest BCUT2D eigenvalue weighted by Crippen LogP contribution is -2.28. The lowest BCUT2D eigenvalue weighted by Gasteiger charge is -2.17. The second-order valence-corrected chi connectivity index (χ2v) is 6.58. The molecule has 0 saturated carbocycles. The van der Waals surface area contributed by atoms with Gasteiger partial charge in [-0.1, -0.05) is 37.0 Å². The number of carbonyl (C=O) groups excluding carboxylic acids is 1. The van der Waals surface area contributed by atoms with Gasteiger partial charge in [-0.2, -0.15) is 0 Å². The molecular formula is C17H24Cl2N4O. The van der Waals surface area contributed by atoms with E-state index in [1.807, 2.05) is 0 Å². The number of nitrogens with one attached hydrogen (secondary N) is 1. The van der Waals surface area contributed by atoms with Crippen LogP contribution < -0.4 is 5.32 Å². The summed E-state index contributed by atoms with van der Waals surface area (Å²) in [5.41, 5.74) is 1.67. The molecule has 0 atom stereocenters. The topological polar surface area (TPSA) is 49.6 Å². The van der Waals surface area contributed by atoms with Gasteiger partial charge in [-0.15, -0.1) is 0 Å². The van der Waals surface area contributed by atoms with Crippen molar-refractivity contribution < 1.29 is 4.79 Å². The van der Waals surface area contributed by atoms with Gasteiger partial charge in [-0.25, -0.2) is 4.98 Å². The molecular weight excluding hydrogens is 347 g/mol. The number of hydrogen-bond donors (Lipinski definition) is 1. The Hall–Kier alpha value is -1.30. The molecule has 2 aromatic heterocycles. The minimum Gasteiger partial charge on any atom is -0.351 e. The lowest BCUT2D eigenvalue weighted by molar-refractivity contribution is 0.0946. The number of halogens is 2. The van der Waals surface area contributed by atoms with E-state index in [1.165, 1.54) is 0 Å². The Labute approximate surface area is 152 Å². The maximum atomic E-state index is 12.5. The summed E-state index contributed by atoms with van der Waals surface area (Å²) in [4.78, 5) is 19.2. The quantitative estimate of drug-likeness (QED) is 0.718. The van der Waals surface area contributed by atoms with Crippen LogP contribution in [0.1, 0.15) is 42.9 Å². The number of nitrogens with zero attached hydrogens (tertiary/aromatic N) is 3. The SMILES string of the molecule is CCN(CC)CCCCNC(=O)c1c(C)nc2c(Cl)cc(Cl)cn12. The maximum absolute atomic E-state index is 12.5. The zero-order valence-electron chi connectivity index (χ0n) is 14.4. The number of rotatable bonds is 8. The van der Waals surface area contributed by atoms with Crippen molar-refractivity contribution in [2.24, 2.45) is 0 Å². The first kappa shape index (κ1) is 19.0. The van der Waals surface area contributed by atoms with Crippen molar-refractivity contribution in [3.63, 3.8) is 0 Å². The number of fused-ring (bicyclic) bond motifs is 1. The summed E-state index contributed by atoms with van der Waals surface area (Å²) in [6, 6.07) is 1.62. The Morgan fingerprint density at radius 3 is 2.67 bits per heavy atom. The zero-order chi connectivity index (χ0) is 17.7. The summed E-state index contributed by atoms with van der Waals surface area (Å²) in [5, 5.41) is 3.87. The predicted octanol–water partition coefficient (Wildman–Crippen LogP) is 3.80. The minimum atomic E-state index is -0.152. The molecule has 5 nitrogen and oxygen atoms in total. The summed E-state index contributed by atoms with van der Waals surface area (Å²) >= 11 is 12.2. The molecule has 0 unspecified atom stereocenters. The van der Waals surface area contributed by atoms with Gasteiger partial charge in [-0.05, 0) is 45.5 Å². The van der Waals surface area contributed by atoms with E-state index in [0.717, 1.165) is 32.5 Å². The summed E-state index contributed by atoms with van der Waals surface area (Å²) in [6.07, 6.45) is 3.67. The monoisotopic (exact) mass is 370 g/mol. The normalized spacial score (nSPS) is 11.4. The van der Waals surface area contributed by atoms with Gasteiger partial charge >= 0.3 is 0 Å². The molecule has 0 saturated heterocycles. The van der Waals surface area contributed by atoms with Crippen LogP contribution in [0, 0.1) is 6.92 Å². The van der Waals surface area contributed by atoms with Crippen LogP contribution in [0.25, 0.3) is 5.65 Å². The van der Waals surface area contributed by atoms with E-state index in [-0.39, 0.29) is 5.91 Å². The highest BCUT2D eigenvalue weighted by molar-refractivity contribution is 6.36. The van der Waals surface area contributed by atoms with E-state index in [2.05, 4.69) is 29.0 Å². The predicted molar refractivity (Wildman–Crippen MR) is 99.3 cm³/mol. The number of pyridine rings is 1. The van der Waals surface area contributed by atoms with Crippen molar-refractivity contribution >= 4 is 34.8 Å². The standard InChI is InChI=1S/C17H24Cl2N4O/c1-4-22(5-2)9-7-6-8-20-17(24)15-12(3)21-16-14(19)10-13(18)11-23(15)16/h10-11H,4-9H2,1-3H3,(H,20,24). The highest BCUT2D eigenvalue weighted by Gasteiger charge is 2.18. The molecule has 0 bridgehead atoms. The fraction of sp³-hybridized carbons (Fsp3) is 0.529. The van der Waals surface area contributed by atoms with Crippen LogP contribution >= 0.6 is 23.2 Å². The third-order valence-corrected chi connectivity index (χ3v) is 4.60. The van der Waals surface area contributed by atoms with Crippen LogP contribution in [0.4, 0.5) is 0 Å². The number of amides is 1. The smallest absolute Gasteiger partial charge is 0.270 e. The van der Waals surface area contributed by atoms with Gasteiger partial charge in [0.1, 0.15) is 5.69 Å². The van der Waals surface area contributed by atoms with Crippen molar-refractivity contribution in [2.75, 3.05) is 26.2 Å². The molecule has 0 radical (unpaired) electrons. The number of hydrogen-bond acceptors (Lipinski definition) is 3. The molecule has 24 heavy (non-hydrogen) atoms. The summed E-state index contributed by atoms with van der Waals surface area (Å²) in [5.74, 6) is -0.152. The molecule has 132 valence electrons. The third kappa shape index (κ3) is 4.41. The van der Waals surface area contributed by atoms with Crippen molar-refractivity contribution in [3.8, 4) is 0 Å². The average Bonchev–Trinajstić information content (AvgIpc) is 2.87. The minimum absolute atomic E-state index is 0.152. The van der Waals surface area contributed by atoms with Crippen molar-refractivity contribution in [1.29, 1.82) is 0 Å². The second kappa shape index (κ2) is 8.70. The van der Waals surface area contributed by atoms with Gasteiger partial charge in [0, 0.05) is 12.7 Å². The third-order valence-electron chi connectivity index (χ3n) is 4.11. The van der Waals surface area contributed by atoms with Gasteiger partial charge in [0.25, 0.3) is 5.91 Å². The molecule has 0 fully saturated rings. The molecule has 0 aromatic carbocycles. The number of carbonyl (C=O) groups is 1. The fourth-order valence-electron chi connectivity index (χ4n) is 2.75. The van der Waals surface area contributed by atoms with Gasteiger partial charge in [0.15, 0.2) is 5.65 Å². The molecule has 2 heterocycles. The van der Waals surface area contributed by atoms with E-state index in [9.17, 15) is 4.79 Å². The van der Waals surface area contributed by atoms with Crippen LogP contribution in [0.15, 0.2) is 12.3 Å². The Balaban J connectivity index is 1.98. The number of aryl methyl sites for hydroxylation is 1. The van der Waals surface area contributed by atoms with Crippen molar-refractivity contribution in [3.05, 3.63) is 33.7 Å². The van der Waals surface area contributed by atoms with E-state index >= 15 is 0 Å². The Kier molecular flexibility index (Phi) is 6.90. The number of aromatic nitrogens is 2. The van der Waals surface area contributed by atoms with Gasteiger partial charge in [-0.3, -0.25) is 9.20 Å². The molecule has 0 aliphatic carbocycles. The van der Waals surface area contributed by atoms with Crippen molar-refractivity contribution in [1.82, 2.24) is 19.6 Å². The first-order chi connectivity index (χ1) is 11.5. The Morgan fingerprint density at radius 1 is 1.29 bits per heavy atom. The second-order valence-electron chi connectivity index (χ2n) is 5.74. The number of unbranched alkanes of at least 4 members (excludes halogenated alkanes) is 1. The van der Waals surface area contributed by atoms with Crippen LogP contribution in [0.3, 0.4) is 0 Å². The molecule has 0 spiro atoms.